The lowest BCUT2D eigenvalue weighted by molar-refractivity contribution is -0.390. The fourth-order valence-electron chi connectivity index (χ4n) is 1.47. The summed E-state index contributed by atoms with van der Waals surface area (Å²) in [5.74, 6) is -0.686. The van der Waals surface area contributed by atoms with Crippen LogP contribution in [-0.4, -0.2) is 15.0 Å². The minimum atomic E-state index is -0.736. The smallest absolute Gasteiger partial charge is 0.314 e. The predicted molar refractivity (Wildman–Crippen MR) is 60.1 cm³/mol. The fourth-order valence-corrected chi connectivity index (χ4v) is 1.47. The van der Waals surface area contributed by atoms with Crippen LogP contribution in [0, 0.1) is 20.2 Å². The fraction of sp³-hybridized carbons (Fsp3) is 0.400. The maximum absolute atomic E-state index is 10.8. The Balaban J connectivity index is 3.62. The summed E-state index contributed by atoms with van der Waals surface area (Å²) >= 11 is 0. The number of hydrogen-bond donors (Lipinski definition) is 1. The van der Waals surface area contributed by atoms with Crippen molar-refractivity contribution in [3.8, 4) is 5.75 Å². The molecule has 0 aliphatic carbocycles. The molecule has 0 saturated carbocycles. The Morgan fingerprint density at radius 1 is 1.12 bits per heavy atom. The van der Waals surface area contributed by atoms with E-state index in [1.165, 1.54) is 0 Å². The molecule has 1 aromatic carbocycles. The molecule has 0 bridgehead atoms. The molecule has 1 N–H and O–H groups in total. The third kappa shape index (κ3) is 2.49. The van der Waals surface area contributed by atoms with E-state index in [2.05, 4.69) is 0 Å². The van der Waals surface area contributed by atoms with E-state index in [9.17, 15) is 25.3 Å². The van der Waals surface area contributed by atoms with Gasteiger partial charge in [0.15, 0.2) is 0 Å². The van der Waals surface area contributed by atoms with E-state index in [1.807, 2.05) is 0 Å². The molecule has 0 aliphatic heterocycles. The summed E-state index contributed by atoms with van der Waals surface area (Å²) in [5.41, 5.74) is -1.39. The van der Waals surface area contributed by atoms with Crippen molar-refractivity contribution in [1.29, 1.82) is 0 Å². The molecule has 0 fully saturated rings. The number of rotatable bonds is 2. The second-order valence-corrected chi connectivity index (χ2v) is 4.63. The van der Waals surface area contributed by atoms with Gasteiger partial charge in [-0.1, -0.05) is 20.8 Å². The lowest BCUT2D eigenvalue weighted by Crippen LogP contribution is -2.14. The highest BCUT2D eigenvalue weighted by molar-refractivity contribution is 5.60. The Morgan fingerprint density at radius 3 is 2.00 bits per heavy atom. The maximum Gasteiger partial charge on any atom is 0.314 e. The van der Waals surface area contributed by atoms with Gasteiger partial charge in [0.1, 0.15) is 0 Å². The quantitative estimate of drug-likeness (QED) is 0.631. The molecule has 7 heteroatoms. The van der Waals surface area contributed by atoms with Gasteiger partial charge in [0.2, 0.25) is 5.75 Å². The number of nitro benzene ring substituents is 2. The minimum Gasteiger partial charge on any atom is -0.502 e. The Labute approximate surface area is 97.0 Å². The molecular weight excluding hydrogens is 228 g/mol. The maximum atomic E-state index is 10.8. The molecule has 92 valence electrons. The highest BCUT2D eigenvalue weighted by atomic mass is 16.6. The molecule has 0 amide bonds. The summed E-state index contributed by atoms with van der Waals surface area (Å²) < 4.78 is 0. The molecule has 0 aliphatic rings. The summed E-state index contributed by atoms with van der Waals surface area (Å²) in [6.07, 6.45) is 0. The highest BCUT2D eigenvalue weighted by Gasteiger charge is 2.31. The van der Waals surface area contributed by atoms with Crippen molar-refractivity contribution in [3.63, 3.8) is 0 Å². The standard InChI is InChI=1S/C10H12N2O5/c1-10(2,3)7-4-6(11(14)15)5-8(13)9(7)12(16)17/h4-5,13H,1-3H3. The van der Waals surface area contributed by atoms with Crippen LogP contribution in [0.25, 0.3) is 0 Å². The average molecular weight is 240 g/mol. The Bertz CT molecular complexity index is 490. The largest absolute Gasteiger partial charge is 0.502 e. The van der Waals surface area contributed by atoms with E-state index in [0.29, 0.717) is 0 Å². The van der Waals surface area contributed by atoms with Crippen molar-refractivity contribution in [3.05, 3.63) is 37.9 Å². The molecule has 7 nitrogen and oxygen atoms in total. The summed E-state index contributed by atoms with van der Waals surface area (Å²) in [4.78, 5) is 20.1. The van der Waals surface area contributed by atoms with Gasteiger partial charge in [-0.3, -0.25) is 20.2 Å². The van der Waals surface area contributed by atoms with Gasteiger partial charge in [-0.25, -0.2) is 0 Å². The molecule has 0 atom stereocenters. The average Bonchev–Trinajstić information content (AvgIpc) is 2.14. The van der Waals surface area contributed by atoms with Crippen LogP contribution in [0.2, 0.25) is 0 Å². The second kappa shape index (κ2) is 4.00. The topological polar surface area (TPSA) is 107 Å². The van der Waals surface area contributed by atoms with Gasteiger partial charge < -0.3 is 5.11 Å². The summed E-state index contributed by atoms with van der Waals surface area (Å²) in [6.45, 7) is 5.04. The van der Waals surface area contributed by atoms with Crippen molar-refractivity contribution < 1.29 is 15.0 Å². The normalized spacial score (nSPS) is 11.2. The lowest BCUT2D eigenvalue weighted by atomic mass is 9.85. The molecule has 0 spiro atoms. The summed E-state index contributed by atoms with van der Waals surface area (Å²) in [6, 6.07) is 1.91. The van der Waals surface area contributed by atoms with Crippen molar-refractivity contribution in [1.82, 2.24) is 0 Å². The zero-order chi connectivity index (χ0) is 13.4. The molecule has 0 saturated heterocycles. The van der Waals surface area contributed by atoms with E-state index >= 15 is 0 Å². The van der Waals surface area contributed by atoms with Gasteiger partial charge in [0.05, 0.1) is 15.9 Å². The third-order valence-corrected chi connectivity index (χ3v) is 2.28. The van der Waals surface area contributed by atoms with Gasteiger partial charge >= 0.3 is 5.69 Å². The van der Waals surface area contributed by atoms with E-state index in [0.717, 1.165) is 12.1 Å². The van der Waals surface area contributed by atoms with Gasteiger partial charge in [-0.15, -0.1) is 0 Å². The van der Waals surface area contributed by atoms with Crippen molar-refractivity contribution >= 4 is 11.4 Å². The molecule has 0 aromatic heterocycles. The molecule has 0 unspecified atom stereocenters. The third-order valence-electron chi connectivity index (χ3n) is 2.28. The number of aromatic hydroxyl groups is 1. The molecule has 0 radical (unpaired) electrons. The number of phenols is 1. The van der Waals surface area contributed by atoms with E-state index < -0.39 is 26.7 Å². The van der Waals surface area contributed by atoms with Crippen LogP contribution in [0.4, 0.5) is 11.4 Å². The number of hydrogen-bond acceptors (Lipinski definition) is 5. The molecule has 1 rings (SSSR count). The number of nitro groups is 2. The number of benzene rings is 1. The van der Waals surface area contributed by atoms with Crippen molar-refractivity contribution in [2.45, 2.75) is 26.2 Å². The van der Waals surface area contributed by atoms with Crippen LogP contribution in [0.5, 0.6) is 5.75 Å². The number of nitrogens with zero attached hydrogens (tertiary/aromatic N) is 2. The molecule has 1 aromatic rings. The van der Waals surface area contributed by atoms with Gasteiger partial charge in [-0.05, 0) is 5.41 Å². The van der Waals surface area contributed by atoms with Crippen LogP contribution in [-0.2, 0) is 5.41 Å². The Morgan fingerprint density at radius 2 is 1.65 bits per heavy atom. The lowest BCUT2D eigenvalue weighted by Gasteiger charge is -2.18. The van der Waals surface area contributed by atoms with Crippen LogP contribution in [0.1, 0.15) is 26.3 Å². The van der Waals surface area contributed by atoms with Gasteiger partial charge in [0.25, 0.3) is 5.69 Å². The minimum absolute atomic E-state index is 0.134. The monoisotopic (exact) mass is 240 g/mol. The number of phenolic OH excluding ortho intramolecular Hbond substituents is 1. The van der Waals surface area contributed by atoms with Crippen molar-refractivity contribution in [2.24, 2.45) is 0 Å². The molecule has 17 heavy (non-hydrogen) atoms. The zero-order valence-electron chi connectivity index (χ0n) is 9.63. The van der Waals surface area contributed by atoms with E-state index in [-0.39, 0.29) is 11.3 Å². The second-order valence-electron chi connectivity index (χ2n) is 4.63. The van der Waals surface area contributed by atoms with Crippen LogP contribution in [0.15, 0.2) is 12.1 Å². The van der Waals surface area contributed by atoms with E-state index in [4.69, 9.17) is 0 Å². The van der Waals surface area contributed by atoms with Crippen LogP contribution < -0.4 is 0 Å². The SMILES string of the molecule is CC(C)(C)c1cc([N+](=O)[O-])cc(O)c1[N+](=O)[O-]. The summed E-state index contributed by atoms with van der Waals surface area (Å²) in [5, 5.41) is 31.0. The highest BCUT2D eigenvalue weighted by Crippen LogP contribution is 2.40. The first-order valence-electron chi connectivity index (χ1n) is 4.81. The van der Waals surface area contributed by atoms with Crippen LogP contribution in [0.3, 0.4) is 0 Å². The molecular formula is C10H12N2O5. The van der Waals surface area contributed by atoms with Gasteiger partial charge in [-0.2, -0.15) is 0 Å². The Kier molecular flexibility index (Phi) is 3.03. The zero-order valence-corrected chi connectivity index (χ0v) is 9.63. The predicted octanol–water partition coefficient (Wildman–Crippen LogP) is 2.51. The summed E-state index contributed by atoms with van der Waals surface area (Å²) in [7, 11) is 0. The van der Waals surface area contributed by atoms with E-state index in [1.54, 1.807) is 20.8 Å². The van der Waals surface area contributed by atoms with Gasteiger partial charge in [0, 0.05) is 11.6 Å². The first-order chi connectivity index (χ1) is 7.64. The first-order valence-corrected chi connectivity index (χ1v) is 4.81. The van der Waals surface area contributed by atoms with Crippen LogP contribution >= 0.6 is 0 Å². The molecule has 0 heterocycles. The number of non-ortho nitro benzene ring substituents is 1. The Hall–Kier alpha value is -2.18. The first kappa shape index (κ1) is 12.9. The van der Waals surface area contributed by atoms with Crippen molar-refractivity contribution in [2.75, 3.05) is 0 Å².